The second kappa shape index (κ2) is 4.90. The summed E-state index contributed by atoms with van der Waals surface area (Å²) in [6, 6.07) is 0.475. The van der Waals surface area contributed by atoms with Crippen LogP contribution in [-0.4, -0.2) is 12.7 Å². The van der Waals surface area contributed by atoms with Gasteiger partial charge in [0.25, 0.3) is 0 Å². The molecule has 1 aromatic carbocycles. The lowest BCUT2D eigenvalue weighted by Gasteiger charge is -2.42. The molecule has 1 aromatic rings. The van der Waals surface area contributed by atoms with Gasteiger partial charge in [0, 0.05) is 30.8 Å². The lowest BCUT2D eigenvalue weighted by molar-refractivity contribution is -0.0819. The molecule has 0 bridgehead atoms. The second-order valence-electron chi connectivity index (χ2n) is 4.83. The van der Waals surface area contributed by atoms with Crippen LogP contribution in [0.1, 0.15) is 37.3 Å². The zero-order valence-electron chi connectivity index (χ0n) is 10.2. The summed E-state index contributed by atoms with van der Waals surface area (Å²) in [6.45, 7) is 0. The van der Waals surface area contributed by atoms with Crippen molar-refractivity contribution < 1.29 is 17.9 Å². The molecule has 1 aliphatic carbocycles. The number of benzene rings is 1. The summed E-state index contributed by atoms with van der Waals surface area (Å²) >= 11 is 0. The first-order valence-corrected chi connectivity index (χ1v) is 5.92. The first-order valence-electron chi connectivity index (χ1n) is 5.92. The molecular formula is C13H16F3NO. The van der Waals surface area contributed by atoms with Gasteiger partial charge >= 0.3 is 0 Å². The van der Waals surface area contributed by atoms with Crippen LogP contribution in [0.2, 0.25) is 0 Å². The summed E-state index contributed by atoms with van der Waals surface area (Å²) in [5.74, 6) is -2.82. The quantitative estimate of drug-likeness (QED) is 0.902. The summed E-state index contributed by atoms with van der Waals surface area (Å²) in [6.07, 6.45) is 3.03. The molecule has 0 saturated heterocycles. The van der Waals surface area contributed by atoms with Crippen LogP contribution in [-0.2, 0) is 4.74 Å². The lowest BCUT2D eigenvalue weighted by Crippen LogP contribution is -2.42. The molecule has 1 unspecified atom stereocenters. The molecule has 5 heteroatoms. The smallest absolute Gasteiger partial charge is 0.133 e. The summed E-state index contributed by atoms with van der Waals surface area (Å²) < 4.78 is 45.3. The van der Waals surface area contributed by atoms with Gasteiger partial charge in [-0.1, -0.05) is 0 Å². The van der Waals surface area contributed by atoms with Gasteiger partial charge in [-0.15, -0.1) is 0 Å². The van der Waals surface area contributed by atoms with Crippen LogP contribution in [0.15, 0.2) is 12.1 Å². The van der Waals surface area contributed by atoms with Crippen molar-refractivity contribution in [3.63, 3.8) is 0 Å². The zero-order chi connectivity index (χ0) is 13.3. The Morgan fingerprint density at radius 3 is 2.22 bits per heavy atom. The van der Waals surface area contributed by atoms with Gasteiger partial charge in [-0.3, -0.25) is 0 Å². The van der Waals surface area contributed by atoms with Crippen LogP contribution in [0, 0.1) is 17.5 Å². The molecule has 0 heterocycles. The number of hydrogen-bond acceptors (Lipinski definition) is 2. The summed E-state index contributed by atoms with van der Waals surface area (Å²) in [5, 5.41) is 0. The molecular weight excluding hydrogens is 243 g/mol. The van der Waals surface area contributed by atoms with Crippen molar-refractivity contribution in [1.82, 2.24) is 0 Å². The first-order chi connectivity index (χ1) is 8.47. The van der Waals surface area contributed by atoms with Crippen LogP contribution in [0.25, 0.3) is 0 Å². The standard InChI is InChI=1S/C13H16F3NO/c1-18-13(3-2-4-13)7-11(17)12-9(15)5-8(14)6-10(12)16/h5-6,11H,2-4,7,17H2,1H3. The molecule has 2 rings (SSSR count). The summed E-state index contributed by atoms with van der Waals surface area (Å²) in [7, 11) is 1.57. The highest BCUT2D eigenvalue weighted by Crippen LogP contribution is 2.41. The van der Waals surface area contributed by atoms with Gasteiger partial charge < -0.3 is 10.5 Å². The molecule has 100 valence electrons. The third kappa shape index (κ3) is 2.37. The van der Waals surface area contributed by atoms with E-state index >= 15 is 0 Å². The van der Waals surface area contributed by atoms with E-state index in [4.69, 9.17) is 10.5 Å². The van der Waals surface area contributed by atoms with Crippen LogP contribution >= 0.6 is 0 Å². The summed E-state index contributed by atoms with van der Waals surface area (Å²) in [5.41, 5.74) is 5.19. The topological polar surface area (TPSA) is 35.2 Å². The van der Waals surface area contributed by atoms with Crippen molar-refractivity contribution in [2.45, 2.75) is 37.3 Å². The number of rotatable bonds is 4. The van der Waals surface area contributed by atoms with Gasteiger partial charge in [0.15, 0.2) is 0 Å². The minimum Gasteiger partial charge on any atom is -0.378 e. The molecule has 0 aliphatic heterocycles. The van der Waals surface area contributed by atoms with E-state index in [1.54, 1.807) is 7.11 Å². The molecule has 1 aliphatic rings. The molecule has 2 N–H and O–H groups in total. The summed E-state index contributed by atoms with van der Waals surface area (Å²) in [4.78, 5) is 0. The minimum atomic E-state index is -0.939. The third-order valence-electron chi connectivity index (χ3n) is 3.70. The molecule has 1 fully saturated rings. The molecule has 1 saturated carbocycles. The van der Waals surface area contributed by atoms with Gasteiger partial charge in [-0.25, -0.2) is 13.2 Å². The average Bonchev–Trinajstić information content (AvgIpc) is 2.21. The maximum atomic E-state index is 13.6. The molecule has 0 amide bonds. The van der Waals surface area contributed by atoms with E-state index in [1.165, 1.54) is 0 Å². The first kappa shape index (κ1) is 13.4. The Kier molecular flexibility index (Phi) is 3.64. The lowest BCUT2D eigenvalue weighted by atomic mass is 9.75. The van der Waals surface area contributed by atoms with E-state index in [0.29, 0.717) is 18.6 Å². The Morgan fingerprint density at radius 1 is 1.28 bits per heavy atom. The third-order valence-corrected chi connectivity index (χ3v) is 3.70. The number of halogens is 3. The maximum Gasteiger partial charge on any atom is 0.133 e. The fraction of sp³-hybridized carbons (Fsp3) is 0.538. The van der Waals surface area contributed by atoms with Crippen molar-refractivity contribution >= 4 is 0 Å². The highest BCUT2D eigenvalue weighted by atomic mass is 19.1. The predicted octanol–water partition coefficient (Wildman–Crippen LogP) is 3.06. The van der Waals surface area contributed by atoms with Gasteiger partial charge in [0.1, 0.15) is 17.5 Å². The predicted molar refractivity (Wildman–Crippen MR) is 61.5 cm³/mol. The normalized spacial score (nSPS) is 19.4. The van der Waals surface area contributed by atoms with E-state index in [1.807, 2.05) is 0 Å². The monoisotopic (exact) mass is 259 g/mol. The van der Waals surface area contributed by atoms with Gasteiger partial charge in [0.05, 0.1) is 5.60 Å². The number of ether oxygens (including phenoxy) is 1. The Bertz CT molecular complexity index is 417. The van der Waals surface area contributed by atoms with Crippen molar-refractivity contribution in [2.24, 2.45) is 5.73 Å². The van der Waals surface area contributed by atoms with Crippen LogP contribution in [0.5, 0.6) is 0 Å². The Balaban J connectivity index is 2.21. The van der Waals surface area contributed by atoms with Crippen molar-refractivity contribution in [1.29, 1.82) is 0 Å². The van der Waals surface area contributed by atoms with Crippen LogP contribution < -0.4 is 5.73 Å². The van der Waals surface area contributed by atoms with Crippen molar-refractivity contribution in [2.75, 3.05) is 7.11 Å². The van der Waals surface area contributed by atoms with Gasteiger partial charge in [0.2, 0.25) is 0 Å². The van der Waals surface area contributed by atoms with E-state index in [0.717, 1.165) is 19.3 Å². The zero-order valence-corrected chi connectivity index (χ0v) is 10.2. The maximum absolute atomic E-state index is 13.6. The number of methoxy groups -OCH3 is 1. The average molecular weight is 259 g/mol. The van der Waals surface area contributed by atoms with E-state index in [-0.39, 0.29) is 11.2 Å². The molecule has 0 radical (unpaired) electrons. The molecule has 0 spiro atoms. The number of nitrogens with two attached hydrogens (primary N) is 1. The minimum absolute atomic E-state index is 0.264. The van der Waals surface area contributed by atoms with E-state index < -0.39 is 23.5 Å². The number of hydrogen-bond donors (Lipinski definition) is 1. The SMILES string of the molecule is COC1(CC(N)c2c(F)cc(F)cc2F)CCC1. The van der Waals surface area contributed by atoms with E-state index in [2.05, 4.69) is 0 Å². The van der Waals surface area contributed by atoms with Crippen molar-refractivity contribution in [3.8, 4) is 0 Å². The molecule has 18 heavy (non-hydrogen) atoms. The molecule has 2 nitrogen and oxygen atoms in total. The molecule has 1 atom stereocenters. The van der Waals surface area contributed by atoms with Crippen LogP contribution in [0.4, 0.5) is 13.2 Å². The van der Waals surface area contributed by atoms with E-state index in [9.17, 15) is 13.2 Å². The molecule has 0 aromatic heterocycles. The van der Waals surface area contributed by atoms with Gasteiger partial charge in [-0.05, 0) is 25.7 Å². The largest absolute Gasteiger partial charge is 0.378 e. The highest BCUT2D eigenvalue weighted by Gasteiger charge is 2.39. The fourth-order valence-corrected chi connectivity index (χ4v) is 2.47. The Labute approximate surface area is 104 Å². The van der Waals surface area contributed by atoms with Crippen molar-refractivity contribution in [3.05, 3.63) is 35.1 Å². The Hall–Kier alpha value is -1.07. The highest BCUT2D eigenvalue weighted by molar-refractivity contribution is 5.24. The van der Waals surface area contributed by atoms with Gasteiger partial charge in [-0.2, -0.15) is 0 Å². The van der Waals surface area contributed by atoms with Crippen LogP contribution in [0.3, 0.4) is 0 Å². The second-order valence-corrected chi connectivity index (χ2v) is 4.83. The Morgan fingerprint density at radius 2 is 1.83 bits per heavy atom. The fourth-order valence-electron chi connectivity index (χ4n) is 2.47.